The van der Waals surface area contributed by atoms with Crippen LogP contribution in [0.2, 0.25) is 0 Å². The molecule has 1 N–H and O–H groups in total. The zero-order valence-electron chi connectivity index (χ0n) is 17.3. The van der Waals surface area contributed by atoms with E-state index in [1.54, 1.807) is 24.3 Å². The molecule has 1 fully saturated rings. The molecule has 0 saturated carbocycles. The van der Waals surface area contributed by atoms with Gasteiger partial charge in [-0.2, -0.15) is 0 Å². The van der Waals surface area contributed by atoms with Gasteiger partial charge >= 0.3 is 0 Å². The molecule has 0 radical (unpaired) electrons. The minimum absolute atomic E-state index is 0.00388. The monoisotopic (exact) mass is 419 g/mol. The summed E-state index contributed by atoms with van der Waals surface area (Å²) in [5, 5.41) is 5.37. The molecular formula is C24H25N3O2S. The molecule has 3 aromatic rings. The summed E-state index contributed by atoms with van der Waals surface area (Å²) in [4.78, 5) is 32.0. The van der Waals surface area contributed by atoms with E-state index >= 15 is 0 Å². The number of amides is 2. The summed E-state index contributed by atoms with van der Waals surface area (Å²) in [6.45, 7) is 5.68. The fourth-order valence-electron chi connectivity index (χ4n) is 3.71. The van der Waals surface area contributed by atoms with Crippen LogP contribution in [0.3, 0.4) is 0 Å². The van der Waals surface area contributed by atoms with Crippen molar-refractivity contribution >= 4 is 28.3 Å². The number of nitrogens with zero attached hydrogens (tertiary/aromatic N) is 2. The van der Waals surface area contributed by atoms with Crippen LogP contribution in [0.4, 0.5) is 5.13 Å². The Balaban J connectivity index is 1.49. The van der Waals surface area contributed by atoms with Gasteiger partial charge in [-0.3, -0.25) is 14.9 Å². The van der Waals surface area contributed by atoms with E-state index in [0.29, 0.717) is 16.3 Å². The first-order valence-electron chi connectivity index (χ1n) is 10.2. The van der Waals surface area contributed by atoms with Crippen LogP contribution >= 0.6 is 11.3 Å². The summed E-state index contributed by atoms with van der Waals surface area (Å²) in [6, 6.07) is 13.2. The second-order valence-electron chi connectivity index (χ2n) is 7.74. The summed E-state index contributed by atoms with van der Waals surface area (Å²) in [7, 11) is 0. The average Bonchev–Trinajstić information content (AvgIpc) is 3.23. The van der Waals surface area contributed by atoms with Gasteiger partial charge in [0.1, 0.15) is 0 Å². The second-order valence-corrected chi connectivity index (χ2v) is 8.60. The highest BCUT2D eigenvalue weighted by molar-refractivity contribution is 7.14. The number of hydrogen-bond acceptors (Lipinski definition) is 4. The first kappa shape index (κ1) is 20.3. The number of aromatic nitrogens is 1. The lowest BCUT2D eigenvalue weighted by molar-refractivity contribution is 0.0724. The molecule has 1 aromatic heterocycles. The molecule has 5 nitrogen and oxygen atoms in total. The normalized spacial score (nSPS) is 13.9. The second kappa shape index (κ2) is 8.79. The highest BCUT2D eigenvalue weighted by atomic mass is 32.1. The van der Waals surface area contributed by atoms with Gasteiger partial charge in [-0.05, 0) is 62.9 Å². The van der Waals surface area contributed by atoms with Crippen LogP contribution in [-0.2, 0) is 0 Å². The topological polar surface area (TPSA) is 62.3 Å². The third-order valence-electron chi connectivity index (χ3n) is 5.41. The van der Waals surface area contributed by atoms with Crippen molar-refractivity contribution in [1.82, 2.24) is 9.88 Å². The van der Waals surface area contributed by atoms with Crippen molar-refractivity contribution in [3.63, 3.8) is 0 Å². The molecule has 30 heavy (non-hydrogen) atoms. The Morgan fingerprint density at radius 2 is 1.77 bits per heavy atom. The fourth-order valence-corrected chi connectivity index (χ4v) is 4.41. The summed E-state index contributed by atoms with van der Waals surface area (Å²) < 4.78 is 0. The number of carbonyl (C=O) groups excluding carboxylic acids is 2. The zero-order chi connectivity index (χ0) is 21.1. The first-order valence-corrected chi connectivity index (χ1v) is 11.1. The fraction of sp³-hybridized carbons (Fsp3) is 0.292. The molecule has 1 aliphatic rings. The Morgan fingerprint density at radius 1 is 1.00 bits per heavy atom. The highest BCUT2D eigenvalue weighted by Gasteiger charge is 2.19. The van der Waals surface area contributed by atoms with Crippen molar-refractivity contribution in [3.05, 3.63) is 70.1 Å². The Morgan fingerprint density at radius 3 is 2.57 bits per heavy atom. The van der Waals surface area contributed by atoms with Gasteiger partial charge in [0.2, 0.25) is 0 Å². The van der Waals surface area contributed by atoms with Crippen molar-refractivity contribution < 1.29 is 9.59 Å². The number of likely N-dealkylation sites (tertiary alicyclic amines) is 1. The maximum absolute atomic E-state index is 12.8. The van der Waals surface area contributed by atoms with E-state index in [-0.39, 0.29) is 11.8 Å². The number of aryl methyl sites for hydroxylation is 2. The third kappa shape index (κ3) is 4.44. The number of nitrogens with one attached hydrogen (secondary N) is 1. The summed E-state index contributed by atoms with van der Waals surface area (Å²) in [5.74, 6) is -0.263. The van der Waals surface area contributed by atoms with Crippen molar-refractivity contribution in [2.24, 2.45) is 0 Å². The standard InChI is InChI=1S/C24H25N3O2S/c1-16-9-10-17(2)20(13-16)21-15-30-24(25-21)26-22(28)18-7-6-8-19(14-18)23(29)27-11-4-3-5-12-27/h6-10,13-15H,3-5,11-12H2,1-2H3,(H,25,26,28). The minimum atomic E-state index is -0.259. The lowest BCUT2D eigenvalue weighted by Crippen LogP contribution is -2.35. The molecule has 1 aliphatic heterocycles. The Hall–Kier alpha value is -2.99. The number of rotatable bonds is 4. The van der Waals surface area contributed by atoms with E-state index in [0.717, 1.165) is 42.8 Å². The van der Waals surface area contributed by atoms with E-state index < -0.39 is 0 Å². The molecule has 0 aliphatic carbocycles. The van der Waals surface area contributed by atoms with Crippen LogP contribution < -0.4 is 5.32 Å². The minimum Gasteiger partial charge on any atom is -0.339 e. The maximum Gasteiger partial charge on any atom is 0.257 e. The van der Waals surface area contributed by atoms with Gasteiger partial charge in [0, 0.05) is 35.2 Å². The highest BCUT2D eigenvalue weighted by Crippen LogP contribution is 2.28. The number of piperidine rings is 1. The first-order chi connectivity index (χ1) is 14.5. The van der Waals surface area contributed by atoms with Crippen LogP contribution in [0, 0.1) is 13.8 Å². The largest absolute Gasteiger partial charge is 0.339 e. The molecule has 2 amide bonds. The van der Waals surface area contributed by atoms with Crippen LogP contribution in [0.15, 0.2) is 47.8 Å². The van der Waals surface area contributed by atoms with Crippen LogP contribution in [0.25, 0.3) is 11.3 Å². The quantitative estimate of drug-likeness (QED) is 0.624. The van der Waals surface area contributed by atoms with Crippen LogP contribution in [-0.4, -0.2) is 34.8 Å². The number of thiazole rings is 1. The number of hydrogen-bond donors (Lipinski definition) is 1. The van der Waals surface area contributed by atoms with E-state index in [1.807, 2.05) is 10.3 Å². The van der Waals surface area contributed by atoms with Crippen molar-refractivity contribution in [1.29, 1.82) is 0 Å². The van der Waals surface area contributed by atoms with Gasteiger partial charge in [-0.1, -0.05) is 23.8 Å². The molecule has 2 aromatic carbocycles. The number of carbonyl (C=O) groups is 2. The number of anilines is 1. The Kier molecular flexibility index (Phi) is 5.95. The molecule has 0 spiro atoms. The van der Waals surface area contributed by atoms with Crippen molar-refractivity contribution in [3.8, 4) is 11.3 Å². The molecule has 0 unspecified atom stereocenters. The lowest BCUT2D eigenvalue weighted by Gasteiger charge is -2.26. The summed E-state index contributed by atoms with van der Waals surface area (Å²) in [5.41, 5.74) is 5.25. The Bertz CT molecular complexity index is 1080. The van der Waals surface area contributed by atoms with Gasteiger partial charge < -0.3 is 4.90 Å². The van der Waals surface area contributed by atoms with Crippen LogP contribution in [0.1, 0.15) is 51.1 Å². The molecule has 0 atom stereocenters. The number of benzene rings is 2. The van der Waals surface area contributed by atoms with Gasteiger partial charge in [0.25, 0.3) is 11.8 Å². The Labute approximate surface area is 180 Å². The van der Waals surface area contributed by atoms with Gasteiger partial charge in [-0.25, -0.2) is 4.98 Å². The van der Waals surface area contributed by atoms with Crippen LogP contribution in [0.5, 0.6) is 0 Å². The van der Waals surface area contributed by atoms with E-state index in [1.165, 1.54) is 23.3 Å². The third-order valence-corrected chi connectivity index (χ3v) is 6.17. The maximum atomic E-state index is 12.8. The molecule has 6 heteroatoms. The average molecular weight is 420 g/mol. The SMILES string of the molecule is Cc1ccc(C)c(-c2csc(NC(=O)c3cccc(C(=O)N4CCCCC4)c3)n2)c1. The molecular weight excluding hydrogens is 394 g/mol. The van der Waals surface area contributed by atoms with Crippen molar-refractivity contribution in [2.75, 3.05) is 18.4 Å². The van der Waals surface area contributed by atoms with E-state index in [9.17, 15) is 9.59 Å². The predicted molar refractivity (Wildman–Crippen MR) is 121 cm³/mol. The zero-order valence-corrected chi connectivity index (χ0v) is 18.1. The molecule has 2 heterocycles. The van der Waals surface area contributed by atoms with Gasteiger partial charge in [0.15, 0.2) is 5.13 Å². The predicted octanol–water partition coefficient (Wildman–Crippen LogP) is 5.31. The van der Waals surface area contributed by atoms with E-state index in [4.69, 9.17) is 0 Å². The molecule has 154 valence electrons. The molecule has 0 bridgehead atoms. The van der Waals surface area contributed by atoms with Crippen molar-refractivity contribution in [2.45, 2.75) is 33.1 Å². The molecule has 1 saturated heterocycles. The van der Waals surface area contributed by atoms with Gasteiger partial charge in [0.05, 0.1) is 5.69 Å². The smallest absolute Gasteiger partial charge is 0.257 e. The van der Waals surface area contributed by atoms with Gasteiger partial charge in [-0.15, -0.1) is 11.3 Å². The molecule has 4 rings (SSSR count). The lowest BCUT2D eigenvalue weighted by atomic mass is 10.0. The summed E-state index contributed by atoms with van der Waals surface area (Å²) >= 11 is 1.40. The van der Waals surface area contributed by atoms with E-state index in [2.05, 4.69) is 42.3 Å². The summed E-state index contributed by atoms with van der Waals surface area (Å²) in [6.07, 6.45) is 3.25.